The Bertz CT molecular complexity index is 1090. The zero-order chi connectivity index (χ0) is 21.5. The predicted octanol–water partition coefficient (Wildman–Crippen LogP) is 5.28. The number of benzene rings is 2. The van der Waals surface area contributed by atoms with E-state index < -0.39 is 5.92 Å². The predicted molar refractivity (Wildman–Crippen MR) is 118 cm³/mol. The van der Waals surface area contributed by atoms with Crippen LogP contribution < -0.4 is 5.73 Å². The molecule has 0 radical (unpaired) electrons. The highest BCUT2D eigenvalue weighted by molar-refractivity contribution is 6.30. The number of nitrogens with two attached hydrogens (primary N) is 1. The van der Waals surface area contributed by atoms with Crippen molar-refractivity contribution in [1.82, 2.24) is 4.90 Å². The van der Waals surface area contributed by atoms with Crippen LogP contribution in [0.1, 0.15) is 43.7 Å². The van der Waals surface area contributed by atoms with Gasteiger partial charge < -0.3 is 10.6 Å². The Kier molecular flexibility index (Phi) is 5.17. The van der Waals surface area contributed by atoms with Gasteiger partial charge in [-0.05, 0) is 35.1 Å². The molecule has 30 heavy (non-hydrogen) atoms. The Hall–Kier alpha value is -3.03. The van der Waals surface area contributed by atoms with Gasteiger partial charge in [0.05, 0.1) is 17.6 Å². The Morgan fingerprint density at radius 1 is 1.13 bits per heavy atom. The van der Waals surface area contributed by atoms with Crippen molar-refractivity contribution in [3.05, 3.63) is 93.4 Å². The van der Waals surface area contributed by atoms with E-state index >= 15 is 0 Å². The lowest BCUT2D eigenvalue weighted by Gasteiger charge is -2.44. The standard InChI is InChI=1S/C25H24ClN3O/c1-25(2)12-20-23(21(30)13-25)22(17-8-10-18(26)11-9-17)19(14-27)24(28)29(20)15-16-6-4-3-5-7-16/h3-11,22H,12-13,15,28H2,1-2H3/t22-/m1/s1. The van der Waals surface area contributed by atoms with Crippen LogP contribution in [0.2, 0.25) is 5.02 Å². The van der Waals surface area contributed by atoms with Gasteiger partial charge in [-0.3, -0.25) is 4.79 Å². The number of rotatable bonds is 3. The number of ketones is 1. The van der Waals surface area contributed by atoms with Crippen LogP contribution in [0, 0.1) is 16.7 Å². The summed E-state index contributed by atoms with van der Waals surface area (Å²) in [6.45, 7) is 4.73. The third-order valence-corrected chi connectivity index (χ3v) is 6.13. The van der Waals surface area contributed by atoms with E-state index in [4.69, 9.17) is 17.3 Å². The fraction of sp³-hybridized carbons (Fsp3) is 0.280. The number of carbonyl (C=O) groups is 1. The van der Waals surface area contributed by atoms with Crippen molar-refractivity contribution in [2.24, 2.45) is 11.1 Å². The van der Waals surface area contributed by atoms with Gasteiger partial charge >= 0.3 is 0 Å². The summed E-state index contributed by atoms with van der Waals surface area (Å²) < 4.78 is 0. The molecule has 2 aromatic rings. The van der Waals surface area contributed by atoms with Crippen LogP contribution in [0.5, 0.6) is 0 Å². The third kappa shape index (κ3) is 3.62. The molecule has 0 bridgehead atoms. The lowest BCUT2D eigenvalue weighted by molar-refractivity contribution is -0.118. The maximum absolute atomic E-state index is 13.4. The lowest BCUT2D eigenvalue weighted by Crippen LogP contribution is -2.41. The Balaban J connectivity index is 1.90. The minimum absolute atomic E-state index is 0.0829. The van der Waals surface area contributed by atoms with E-state index in [2.05, 4.69) is 19.9 Å². The van der Waals surface area contributed by atoms with Crippen molar-refractivity contribution >= 4 is 17.4 Å². The van der Waals surface area contributed by atoms with E-state index in [1.807, 2.05) is 47.4 Å². The second-order valence-electron chi connectivity index (χ2n) is 8.77. The molecule has 2 aromatic carbocycles. The maximum atomic E-state index is 13.4. The minimum Gasteiger partial charge on any atom is -0.384 e. The van der Waals surface area contributed by atoms with Crippen LogP contribution in [0.25, 0.3) is 0 Å². The molecule has 1 heterocycles. The van der Waals surface area contributed by atoms with E-state index in [-0.39, 0.29) is 11.2 Å². The zero-order valence-electron chi connectivity index (χ0n) is 17.2. The van der Waals surface area contributed by atoms with E-state index in [0.717, 1.165) is 23.2 Å². The third-order valence-electron chi connectivity index (χ3n) is 5.87. The maximum Gasteiger partial charge on any atom is 0.162 e. The normalized spacial score (nSPS) is 20.8. The van der Waals surface area contributed by atoms with E-state index in [1.54, 1.807) is 12.1 Å². The molecule has 5 heteroatoms. The fourth-order valence-electron chi connectivity index (χ4n) is 4.51. The zero-order valence-corrected chi connectivity index (χ0v) is 17.9. The molecule has 1 aliphatic carbocycles. The average Bonchev–Trinajstić information content (AvgIpc) is 2.70. The summed E-state index contributed by atoms with van der Waals surface area (Å²) in [6.07, 6.45) is 1.18. The largest absolute Gasteiger partial charge is 0.384 e. The van der Waals surface area contributed by atoms with Crippen LogP contribution in [0.4, 0.5) is 0 Å². The minimum atomic E-state index is -0.460. The molecule has 0 amide bonds. The van der Waals surface area contributed by atoms with Gasteiger partial charge in [-0.25, -0.2) is 0 Å². The number of halogens is 1. The van der Waals surface area contributed by atoms with Crippen molar-refractivity contribution < 1.29 is 4.79 Å². The van der Waals surface area contributed by atoms with Crippen LogP contribution >= 0.6 is 11.6 Å². The molecular formula is C25H24ClN3O. The quantitative estimate of drug-likeness (QED) is 0.737. The first-order valence-electron chi connectivity index (χ1n) is 10.0. The topological polar surface area (TPSA) is 70.1 Å². The monoisotopic (exact) mass is 417 g/mol. The van der Waals surface area contributed by atoms with Gasteiger partial charge in [0.15, 0.2) is 5.78 Å². The average molecular weight is 418 g/mol. The molecule has 0 spiro atoms. The summed E-state index contributed by atoms with van der Waals surface area (Å²) in [5.41, 5.74) is 10.4. The Morgan fingerprint density at radius 3 is 2.43 bits per heavy atom. The Labute approximate surface area is 182 Å². The summed E-state index contributed by atoms with van der Waals surface area (Å²) >= 11 is 6.08. The van der Waals surface area contributed by atoms with Crippen molar-refractivity contribution in [1.29, 1.82) is 5.26 Å². The number of hydrogen-bond donors (Lipinski definition) is 1. The highest BCUT2D eigenvalue weighted by Gasteiger charge is 2.44. The summed E-state index contributed by atoms with van der Waals surface area (Å²) in [6, 6.07) is 19.6. The molecule has 152 valence electrons. The van der Waals surface area contributed by atoms with Crippen LogP contribution in [0.3, 0.4) is 0 Å². The van der Waals surface area contributed by atoms with Crippen molar-refractivity contribution in [2.45, 2.75) is 39.2 Å². The fourth-order valence-corrected chi connectivity index (χ4v) is 4.64. The van der Waals surface area contributed by atoms with E-state index in [0.29, 0.717) is 35.0 Å². The summed E-state index contributed by atoms with van der Waals surface area (Å²) in [5, 5.41) is 10.6. The molecule has 2 N–H and O–H groups in total. The second kappa shape index (κ2) is 7.66. The van der Waals surface area contributed by atoms with Gasteiger partial charge in [-0.15, -0.1) is 0 Å². The van der Waals surface area contributed by atoms with Gasteiger partial charge in [0.25, 0.3) is 0 Å². The van der Waals surface area contributed by atoms with Gasteiger partial charge in [-0.2, -0.15) is 5.26 Å². The highest BCUT2D eigenvalue weighted by atomic mass is 35.5. The molecule has 4 rings (SSSR count). The van der Waals surface area contributed by atoms with Gasteiger partial charge in [0.1, 0.15) is 5.82 Å². The summed E-state index contributed by atoms with van der Waals surface area (Å²) in [7, 11) is 0. The summed E-state index contributed by atoms with van der Waals surface area (Å²) in [4.78, 5) is 15.3. The van der Waals surface area contributed by atoms with E-state index in [1.165, 1.54) is 0 Å². The molecule has 0 saturated heterocycles. The molecule has 0 aromatic heterocycles. The molecule has 2 aliphatic rings. The first-order chi connectivity index (χ1) is 14.3. The van der Waals surface area contributed by atoms with Crippen LogP contribution in [0.15, 0.2) is 77.3 Å². The molecule has 1 aliphatic heterocycles. The SMILES string of the molecule is CC1(C)CC(=O)C2=C(C1)N(Cc1ccccc1)C(N)=C(C#N)[C@H]2c1ccc(Cl)cc1. The van der Waals surface area contributed by atoms with Gasteiger partial charge in [-0.1, -0.05) is 67.9 Å². The molecule has 0 saturated carbocycles. The molecule has 1 atom stereocenters. The van der Waals surface area contributed by atoms with Crippen molar-refractivity contribution in [2.75, 3.05) is 0 Å². The van der Waals surface area contributed by atoms with Gasteiger partial charge in [0.2, 0.25) is 0 Å². The molecule has 0 fully saturated rings. The number of allylic oxidation sites excluding steroid dienone is 3. The summed E-state index contributed by atoms with van der Waals surface area (Å²) in [5.74, 6) is 0.0444. The van der Waals surface area contributed by atoms with Crippen molar-refractivity contribution in [3.8, 4) is 6.07 Å². The first-order valence-corrected chi connectivity index (χ1v) is 10.4. The molecule has 0 unspecified atom stereocenters. The van der Waals surface area contributed by atoms with Crippen LogP contribution in [-0.4, -0.2) is 10.7 Å². The number of nitrogens with zero attached hydrogens (tertiary/aromatic N) is 2. The molecule has 4 nitrogen and oxygen atoms in total. The Morgan fingerprint density at radius 2 is 1.80 bits per heavy atom. The number of Topliss-reactive ketones (excluding diaryl/α,β-unsaturated/α-hetero) is 1. The number of hydrogen-bond acceptors (Lipinski definition) is 4. The smallest absolute Gasteiger partial charge is 0.162 e. The lowest BCUT2D eigenvalue weighted by atomic mass is 9.68. The van der Waals surface area contributed by atoms with E-state index in [9.17, 15) is 10.1 Å². The number of carbonyl (C=O) groups excluding carboxylic acids is 1. The van der Waals surface area contributed by atoms with Crippen LogP contribution in [-0.2, 0) is 11.3 Å². The van der Waals surface area contributed by atoms with Gasteiger partial charge in [0, 0.05) is 29.3 Å². The number of nitriles is 1. The van der Waals surface area contributed by atoms with Crippen molar-refractivity contribution in [3.63, 3.8) is 0 Å². The first kappa shape index (κ1) is 20.3. The highest BCUT2D eigenvalue weighted by Crippen LogP contribution is 2.49. The molecular weight excluding hydrogens is 394 g/mol. The second-order valence-corrected chi connectivity index (χ2v) is 9.20.